The monoisotopic (exact) mass is 1410 g/mol. The quantitative estimate of drug-likeness (QED) is 0.0222. The van der Waals surface area contributed by atoms with E-state index >= 15 is 0 Å². The van der Waals surface area contributed by atoms with Crippen molar-refractivity contribution in [3.63, 3.8) is 0 Å². The summed E-state index contributed by atoms with van der Waals surface area (Å²) in [6.07, 6.45) is 54.5. The van der Waals surface area contributed by atoms with Crippen LogP contribution >= 0.6 is 15.6 Å². The van der Waals surface area contributed by atoms with Crippen molar-refractivity contribution in [1.29, 1.82) is 0 Å². The van der Waals surface area contributed by atoms with Gasteiger partial charge in [-0.2, -0.15) is 0 Å². The van der Waals surface area contributed by atoms with Gasteiger partial charge >= 0.3 is 39.5 Å². The number of hydrogen-bond donors (Lipinski definition) is 3. The van der Waals surface area contributed by atoms with E-state index in [1.165, 1.54) is 199 Å². The Morgan fingerprint density at radius 2 is 0.531 bits per heavy atom. The number of phosphoric ester groups is 2. The van der Waals surface area contributed by atoms with Gasteiger partial charge < -0.3 is 33.8 Å². The molecular weight excluding hydrogens is 1260 g/mol. The summed E-state index contributed by atoms with van der Waals surface area (Å²) >= 11 is 0. The standard InChI is InChI=1S/C77H150O17P2/c1-8-10-11-12-13-14-15-16-21-25-28-31-36-44-51-58-74(79)87-64-72(93-76(81)60-53-46-37-32-29-26-23-20-18-17-19-22-24-27-30-35-43-50-57-70(7)9-2)66-91-95(83,84)89-62-71(78)63-90-96(85,86)92-67-73(65-88-75(80)59-52-45-40-39-42-49-56-69(5)6)94-77(82)61-54-47-38-33-34-41-48-55-68(3)4/h68-73,78H,8-67H2,1-7H3,(H,83,84)(H,85,86)/t70?,71-,72-,73-/m1/s1. The molecule has 0 aromatic rings. The zero-order valence-corrected chi connectivity index (χ0v) is 64.6. The van der Waals surface area contributed by atoms with Crippen LogP contribution in [0.4, 0.5) is 0 Å². The summed E-state index contributed by atoms with van der Waals surface area (Å²) in [7, 11) is -9.91. The summed E-state index contributed by atoms with van der Waals surface area (Å²) in [4.78, 5) is 72.7. The molecule has 0 aromatic carbocycles. The van der Waals surface area contributed by atoms with Crippen LogP contribution in [0.3, 0.4) is 0 Å². The minimum absolute atomic E-state index is 0.102. The van der Waals surface area contributed by atoms with Crippen molar-refractivity contribution in [2.24, 2.45) is 17.8 Å². The van der Waals surface area contributed by atoms with E-state index in [2.05, 4.69) is 48.5 Å². The van der Waals surface area contributed by atoms with Gasteiger partial charge in [0.1, 0.15) is 19.3 Å². The molecule has 0 aliphatic carbocycles. The Morgan fingerprint density at radius 3 is 0.792 bits per heavy atom. The highest BCUT2D eigenvalue weighted by Gasteiger charge is 2.30. The van der Waals surface area contributed by atoms with Gasteiger partial charge in [-0.1, -0.05) is 344 Å². The molecule has 17 nitrogen and oxygen atoms in total. The van der Waals surface area contributed by atoms with Crippen molar-refractivity contribution in [3.8, 4) is 0 Å². The number of aliphatic hydroxyl groups is 1. The number of carbonyl (C=O) groups excluding carboxylic acids is 4. The van der Waals surface area contributed by atoms with E-state index in [1.807, 2.05) is 0 Å². The highest BCUT2D eigenvalue weighted by atomic mass is 31.2. The topological polar surface area (TPSA) is 237 Å². The van der Waals surface area contributed by atoms with Gasteiger partial charge in [0, 0.05) is 25.7 Å². The summed E-state index contributed by atoms with van der Waals surface area (Å²) in [5.41, 5.74) is 0. The fourth-order valence-electron chi connectivity index (χ4n) is 11.7. The van der Waals surface area contributed by atoms with E-state index in [9.17, 15) is 43.2 Å². The maximum atomic E-state index is 13.1. The maximum absolute atomic E-state index is 13.1. The second kappa shape index (κ2) is 67.5. The van der Waals surface area contributed by atoms with Crippen LogP contribution in [-0.2, 0) is 65.4 Å². The van der Waals surface area contributed by atoms with Crippen molar-refractivity contribution < 1.29 is 80.2 Å². The van der Waals surface area contributed by atoms with E-state index in [0.717, 1.165) is 102 Å². The highest BCUT2D eigenvalue weighted by Crippen LogP contribution is 2.45. The van der Waals surface area contributed by atoms with Gasteiger partial charge in [-0.3, -0.25) is 37.3 Å². The molecule has 570 valence electrons. The van der Waals surface area contributed by atoms with E-state index in [1.54, 1.807) is 0 Å². The Morgan fingerprint density at radius 1 is 0.302 bits per heavy atom. The fraction of sp³-hybridized carbons (Fsp3) is 0.948. The van der Waals surface area contributed by atoms with E-state index in [-0.39, 0.29) is 25.7 Å². The van der Waals surface area contributed by atoms with Crippen LogP contribution in [0.1, 0.15) is 395 Å². The van der Waals surface area contributed by atoms with Gasteiger partial charge in [-0.25, -0.2) is 9.13 Å². The molecule has 0 heterocycles. The Bertz CT molecular complexity index is 1870. The molecule has 0 saturated carbocycles. The zero-order chi connectivity index (χ0) is 70.9. The number of carbonyl (C=O) groups is 4. The summed E-state index contributed by atoms with van der Waals surface area (Å²) in [5, 5.41) is 10.6. The van der Waals surface area contributed by atoms with Crippen LogP contribution in [-0.4, -0.2) is 96.7 Å². The minimum Gasteiger partial charge on any atom is -0.462 e. The first kappa shape index (κ1) is 94.1. The lowest BCUT2D eigenvalue weighted by Gasteiger charge is -2.21. The fourth-order valence-corrected chi connectivity index (χ4v) is 13.3. The van der Waals surface area contributed by atoms with Crippen LogP contribution < -0.4 is 0 Å². The van der Waals surface area contributed by atoms with Gasteiger partial charge in [-0.15, -0.1) is 0 Å². The lowest BCUT2D eigenvalue weighted by atomic mass is 9.99. The molecule has 0 spiro atoms. The molecule has 0 saturated heterocycles. The second-order valence-corrected chi connectivity index (χ2v) is 31.8. The van der Waals surface area contributed by atoms with E-state index in [4.69, 9.17) is 37.0 Å². The first-order chi connectivity index (χ1) is 46.3. The average molecular weight is 1410 g/mol. The largest absolute Gasteiger partial charge is 0.472 e. The third kappa shape index (κ3) is 69.2. The lowest BCUT2D eigenvalue weighted by Crippen LogP contribution is -2.30. The van der Waals surface area contributed by atoms with Gasteiger partial charge in [-0.05, 0) is 43.4 Å². The van der Waals surface area contributed by atoms with Gasteiger partial charge in [0.05, 0.1) is 26.4 Å². The average Bonchev–Trinajstić information content (AvgIpc) is 1.35. The Labute approximate surface area is 588 Å². The number of ether oxygens (including phenoxy) is 4. The summed E-state index contributed by atoms with van der Waals surface area (Å²) in [5.74, 6) is 0.125. The molecule has 0 rings (SSSR count). The predicted molar refractivity (Wildman–Crippen MR) is 391 cm³/mol. The van der Waals surface area contributed by atoms with Crippen molar-refractivity contribution in [2.45, 2.75) is 414 Å². The number of rotatable bonds is 75. The van der Waals surface area contributed by atoms with Gasteiger partial charge in [0.2, 0.25) is 0 Å². The molecule has 3 unspecified atom stereocenters. The Balaban J connectivity index is 5.18. The van der Waals surface area contributed by atoms with Crippen molar-refractivity contribution in [2.75, 3.05) is 39.6 Å². The number of unbranched alkanes of at least 4 members (excludes halogenated alkanes) is 42. The lowest BCUT2D eigenvalue weighted by molar-refractivity contribution is -0.161. The van der Waals surface area contributed by atoms with Crippen LogP contribution in [0, 0.1) is 17.8 Å². The maximum Gasteiger partial charge on any atom is 0.472 e. The summed E-state index contributed by atoms with van der Waals surface area (Å²) in [6, 6.07) is 0. The molecule has 0 amide bonds. The van der Waals surface area contributed by atoms with Crippen molar-refractivity contribution in [3.05, 3.63) is 0 Å². The van der Waals surface area contributed by atoms with Gasteiger partial charge in [0.25, 0.3) is 0 Å². The molecule has 0 aromatic heterocycles. The second-order valence-electron chi connectivity index (χ2n) is 28.9. The normalized spacial score (nSPS) is 14.3. The molecule has 0 aliphatic heterocycles. The Hall–Kier alpha value is -1.94. The minimum atomic E-state index is -4.96. The molecule has 19 heteroatoms. The van der Waals surface area contributed by atoms with Crippen LogP contribution in [0.2, 0.25) is 0 Å². The van der Waals surface area contributed by atoms with Crippen LogP contribution in [0.5, 0.6) is 0 Å². The van der Waals surface area contributed by atoms with Crippen molar-refractivity contribution >= 4 is 39.5 Å². The van der Waals surface area contributed by atoms with Crippen molar-refractivity contribution in [1.82, 2.24) is 0 Å². The summed E-state index contributed by atoms with van der Waals surface area (Å²) in [6.45, 7) is 11.8. The molecule has 6 atom stereocenters. The van der Waals surface area contributed by atoms with E-state index in [0.29, 0.717) is 37.5 Å². The first-order valence-corrected chi connectivity index (χ1v) is 42.9. The third-order valence-electron chi connectivity index (χ3n) is 18.2. The molecular formula is C77H150O17P2. The highest BCUT2D eigenvalue weighted by molar-refractivity contribution is 7.47. The third-order valence-corrected chi connectivity index (χ3v) is 20.1. The smallest absolute Gasteiger partial charge is 0.462 e. The van der Waals surface area contributed by atoms with E-state index < -0.39 is 97.5 Å². The zero-order valence-electron chi connectivity index (χ0n) is 62.8. The molecule has 96 heavy (non-hydrogen) atoms. The van der Waals surface area contributed by atoms with Crippen LogP contribution in [0.25, 0.3) is 0 Å². The number of aliphatic hydroxyl groups excluding tert-OH is 1. The summed E-state index contributed by atoms with van der Waals surface area (Å²) < 4.78 is 68.4. The van der Waals surface area contributed by atoms with Gasteiger partial charge in [0.15, 0.2) is 12.2 Å². The number of esters is 4. The predicted octanol–water partition coefficient (Wildman–Crippen LogP) is 22.6. The molecule has 0 fully saturated rings. The molecule has 0 bridgehead atoms. The molecule has 3 N–H and O–H groups in total. The molecule has 0 aliphatic rings. The number of hydrogen-bond acceptors (Lipinski definition) is 15. The SMILES string of the molecule is CCCCCCCCCCCCCCCCCC(=O)OC[C@H](COP(=O)(O)OC[C@@H](O)COP(=O)(O)OC[C@@H](COC(=O)CCCCCCCCC(C)C)OC(=O)CCCCCCCCCC(C)C)OC(=O)CCCCCCCCCCCCCCCCCCCCC(C)CC. The number of phosphoric acid groups is 2. The van der Waals surface area contributed by atoms with Crippen LogP contribution in [0.15, 0.2) is 0 Å². The first-order valence-electron chi connectivity index (χ1n) is 39.9. The Kier molecular flexibility index (Phi) is 66.2. The molecule has 0 radical (unpaired) electrons.